The first-order chi connectivity index (χ1) is 10.1. The van der Waals surface area contributed by atoms with Gasteiger partial charge in [-0.3, -0.25) is 4.79 Å². The second-order valence-corrected chi connectivity index (χ2v) is 5.79. The Morgan fingerprint density at radius 3 is 2.71 bits per heavy atom. The Kier molecular flexibility index (Phi) is 5.59. The number of aliphatic hydroxyl groups is 1. The summed E-state index contributed by atoms with van der Waals surface area (Å²) >= 11 is 3.38. The van der Waals surface area contributed by atoms with E-state index in [9.17, 15) is 9.90 Å². The number of nitrogens with one attached hydrogen (secondary N) is 1. The molecule has 1 aromatic heterocycles. The quantitative estimate of drug-likeness (QED) is 0.841. The predicted molar refractivity (Wildman–Crippen MR) is 86.3 cm³/mol. The number of halogens is 1. The second-order valence-electron chi connectivity index (χ2n) is 4.87. The standard InChI is InChI=1S/C16H19BrN2O2/c1-2-19-10-13(17)9-15(19)16(21)18-14(11-20)8-12-6-4-3-5-7-12/h3-7,9-10,14,20H,2,8,11H2,1H3,(H,18,21)/t14-/m0/s1. The Morgan fingerprint density at radius 2 is 2.10 bits per heavy atom. The predicted octanol–water partition coefficient (Wildman–Crippen LogP) is 2.60. The lowest BCUT2D eigenvalue weighted by Gasteiger charge is -2.17. The number of benzene rings is 1. The van der Waals surface area contributed by atoms with E-state index in [0.29, 0.717) is 12.1 Å². The van der Waals surface area contributed by atoms with Crippen LogP contribution in [0.4, 0.5) is 0 Å². The number of rotatable bonds is 6. The molecular formula is C16H19BrN2O2. The van der Waals surface area contributed by atoms with Crippen LogP contribution >= 0.6 is 15.9 Å². The van der Waals surface area contributed by atoms with Gasteiger partial charge in [-0.1, -0.05) is 30.3 Å². The highest BCUT2D eigenvalue weighted by atomic mass is 79.9. The van der Waals surface area contributed by atoms with Crippen LogP contribution < -0.4 is 5.32 Å². The Hall–Kier alpha value is -1.59. The van der Waals surface area contributed by atoms with Gasteiger partial charge in [0.25, 0.3) is 5.91 Å². The molecule has 1 heterocycles. The lowest BCUT2D eigenvalue weighted by molar-refractivity contribution is 0.0907. The minimum absolute atomic E-state index is 0.0887. The van der Waals surface area contributed by atoms with Gasteiger partial charge in [-0.2, -0.15) is 0 Å². The Morgan fingerprint density at radius 1 is 1.38 bits per heavy atom. The SMILES string of the molecule is CCn1cc(Br)cc1C(=O)N[C@H](CO)Cc1ccccc1. The summed E-state index contributed by atoms with van der Waals surface area (Å²) in [5, 5.41) is 12.4. The van der Waals surface area contributed by atoms with Crippen molar-refractivity contribution in [2.45, 2.75) is 25.9 Å². The number of amides is 1. The van der Waals surface area contributed by atoms with Gasteiger partial charge in [-0.25, -0.2) is 0 Å². The zero-order chi connectivity index (χ0) is 15.2. The number of nitrogens with zero attached hydrogens (tertiary/aromatic N) is 1. The Labute approximate surface area is 132 Å². The van der Waals surface area contributed by atoms with Crippen LogP contribution in [-0.4, -0.2) is 28.2 Å². The summed E-state index contributed by atoms with van der Waals surface area (Å²) in [5.74, 6) is -0.169. The molecule has 2 aromatic rings. The number of hydrogen-bond donors (Lipinski definition) is 2. The highest BCUT2D eigenvalue weighted by Gasteiger charge is 2.17. The highest BCUT2D eigenvalue weighted by molar-refractivity contribution is 9.10. The van der Waals surface area contributed by atoms with E-state index < -0.39 is 0 Å². The molecule has 21 heavy (non-hydrogen) atoms. The molecule has 0 aliphatic heterocycles. The molecule has 1 aromatic carbocycles. The summed E-state index contributed by atoms with van der Waals surface area (Å²) in [7, 11) is 0. The van der Waals surface area contributed by atoms with Gasteiger partial charge in [0.05, 0.1) is 12.6 Å². The molecule has 1 atom stereocenters. The van der Waals surface area contributed by atoms with E-state index in [0.717, 1.165) is 16.6 Å². The van der Waals surface area contributed by atoms with E-state index in [4.69, 9.17) is 0 Å². The van der Waals surface area contributed by atoms with Gasteiger partial charge in [0, 0.05) is 17.2 Å². The molecule has 4 nitrogen and oxygen atoms in total. The molecule has 5 heteroatoms. The van der Waals surface area contributed by atoms with E-state index in [1.165, 1.54) is 0 Å². The van der Waals surface area contributed by atoms with Gasteiger partial charge in [0.2, 0.25) is 0 Å². The molecule has 112 valence electrons. The van der Waals surface area contributed by atoms with Crippen LogP contribution in [-0.2, 0) is 13.0 Å². The monoisotopic (exact) mass is 350 g/mol. The summed E-state index contributed by atoms with van der Waals surface area (Å²) in [6, 6.07) is 11.3. The molecule has 0 radical (unpaired) electrons. The fourth-order valence-corrected chi connectivity index (χ4v) is 2.71. The van der Waals surface area contributed by atoms with Crippen LogP contribution in [0.25, 0.3) is 0 Å². The van der Waals surface area contributed by atoms with E-state index in [1.54, 1.807) is 6.07 Å². The van der Waals surface area contributed by atoms with Gasteiger partial charge in [-0.15, -0.1) is 0 Å². The van der Waals surface area contributed by atoms with Crippen LogP contribution in [0, 0.1) is 0 Å². The van der Waals surface area contributed by atoms with E-state index in [2.05, 4.69) is 21.2 Å². The average molecular weight is 351 g/mol. The third-order valence-electron chi connectivity index (χ3n) is 3.32. The van der Waals surface area contributed by atoms with E-state index in [1.807, 2.05) is 48.0 Å². The van der Waals surface area contributed by atoms with Gasteiger partial charge in [0.15, 0.2) is 0 Å². The molecule has 0 fully saturated rings. The molecule has 0 unspecified atom stereocenters. The molecule has 2 N–H and O–H groups in total. The van der Waals surface area contributed by atoms with Gasteiger partial charge in [-0.05, 0) is 40.9 Å². The number of hydrogen-bond acceptors (Lipinski definition) is 2. The number of aliphatic hydroxyl groups excluding tert-OH is 1. The zero-order valence-electron chi connectivity index (χ0n) is 11.9. The lowest BCUT2D eigenvalue weighted by Crippen LogP contribution is -2.39. The van der Waals surface area contributed by atoms with Gasteiger partial charge >= 0.3 is 0 Å². The highest BCUT2D eigenvalue weighted by Crippen LogP contribution is 2.15. The normalized spacial score (nSPS) is 12.1. The number of aromatic nitrogens is 1. The number of aryl methyl sites for hydroxylation is 1. The van der Waals surface area contributed by atoms with Crippen molar-refractivity contribution in [3.63, 3.8) is 0 Å². The molecule has 0 saturated carbocycles. The van der Waals surface area contributed by atoms with Crippen molar-refractivity contribution in [1.29, 1.82) is 0 Å². The molecule has 0 aliphatic rings. The van der Waals surface area contributed by atoms with Crippen molar-refractivity contribution in [2.24, 2.45) is 0 Å². The largest absolute Gasteiger partial charge is 0.394 e. The summed E-state index contributed by atoms with van der Waals surface area (Å²) < 4.78 is 2.74. The molecule has 0 aliphatic carbocycles. The lowest BCUT2D eigenvalue weighted by atomic mass is 10.1. The molecule has 2 rings (SSSR count). The van der Waals surface area contributed by atoms with Crippen molar-refractivity contribution in [3.05, 3.63) is 58.3 Å². The number of carbonyl (C=O) groups is 1. The van der Waals surface area contributed by atoms with Crippen LogP contribution in [0.2, 0.25) is 0 Å². The topological polar surface area (TPSA) is 54.3 Å². The van der Waals surface area contributed by atoms with Crippen LogP contribution in [0.5, 0.6) is 0 Å². The van der Waals surface area contributed by atoms with E-state index >= 15 is 0 Å². The minimum atomic E-state index is -0.293. The maximum atomic E-state index is 12.3. The summed E-state index contributed by atoms with van der Waals surface area (Å²) in [5.41, 5.74) is 1.68. The fraction of sp³-hybridized carbons (Fsp3) is 0.312. The molecular weight excluding hydrogens is 332 g/mol. The van der Waals surface area contributed by atoms with Crippen LogP contribution in [0.1, 0.15) is 23.0 Å². The molecule has 0 saturated heterocycles. The number of carbonyl (C=O) groups excluding carboxylic acids is 1. The smallest absolute Gasteiger partial charge is 0.268 e. The van der Waals surface area contributed by atoms with Crippen LogP contribution in [0.3, 0.4) is 0 Å². The Bertz CT molecular complexity index is 596. The third-order valence-corrected chi connectivity index (χ3v) is 3.75. The molecule has 1 amide bonds. The second kappa shape index (κ2) is 7.43. The first kappa shape index (κ1) is 15.8. The van der Waals surface area contributed by atoms with Crippen molar-refractivity contribution in [2.75, 3.05) is 6.61 Å². The Balaban J connectivity index is 2.05. The maximum absolute atomic E-state index is 12.3. The van der Waals surface area contributed by atoms with Crippen molar-refractivity contribution in [3.8, 4) is 0 Å². The third kappa shape index (κ3) is 4.19. The molecule has 0 bridgehead atoms. The van der Waals surface area contributed by atoms with E-state index in [-0.39, 0.29) is 18.6 Å². The first-order valence-electron chi connectivity index (χ1n) is 6.95. The average Bonchev–Trinajstić information content (AvgIpc) is 2.88. The van der Waals surface area contributed by atoms with Crippen molar-refractivity contribution in [1.82, 2.24) is 9.88 Å². The summed E-state index contributed by atoms with van der Waals surface area (Å²) in [6.07, 6.45) is 2.48. The van der Waals surface area contributed by atoms with Crippen molar-refractivity contribution >= 4 is 21.8 Å². The summed E-state index contributed by atoms with van der Waals surface area (Å²) in [6.45, 7) is 2.61. The summed E-state index contributed by atoms with van der Waals surface area (Å²) in [4.78, 5) is 12.3. The first-order valence-corrected chi connectivity index (χ1v) is 7.74. The van der Waals surface area contributed by atoms with Crippen LogP contribution in [0.15, 0.2) is 47.1 Å². The fourth-order valence-electron chi connectivity index (χ4n) is 2.25. The molecule has 0 spiro atoms. The van der Waals surface area contributed by atoms with Crippen molar-refractivity contribution < 1.29 is 9.90 Å². The zero-order valence-corrected chi connectivity index (χ0v) is 13.5. The van der Waals surface area contributed by atoms with Gasteiger partial charge < -0.3 is 15.0 Å². The van der Waals surface area contributed by atoms with Gasteiger partial charge in [0.1, 0.15) is 5.69 Å². The maximum Gasteiger partial charge on any atom is 0.268 e. The minimum Gasteiger partial charge on any atom is -0.394 e.